The van der Waals surface area contributed by atoms with Crippen LogP contribution in [-0.4, -0.2) is 59.0 Å². The van der Waals surface area contributed by atoms with Crippen molar-refractivity contribution in [2.45, 2.75) is 43.2 Å². The zero-order valence-corrected chi connectivity index (χ0v) is 28.6. The number of aliphatic hydroxyl groups is 1. The van der Waals surface area contributed by atoms with Crippen LogP contribution in [0.5, 0.6) is 5.75 Å². The van der Waals surface area contributed by atoms with Gasteiger partial charge in [-0.3, -0.25) is 14.5 Å². The van der Waals surface area contributed by atoms with Crippen molar-refractivity contribution >= 4 is 23.6 Å². The molecule has 2 N–H and O–H groups in total. The largest absolute Gasteiger partial charge is 0.508 e. The van der Waals surface area contributed by atoms with Gasteiger partial charge in [-0.2, -0.15) is 4.68 Å². The SMILES string of the molecule is O=C1c2ccccc2C(=O)N1Cc1cccc(-c2cccc([C@@H]3O[C@H](CSc4nnnn4-c4ccc(O)cc4)C[C@H](c4ccc(CO)cc4)O3)c2)c1. The van der Waals surface area contributed by atoms with E-state index >= 15 is 0 Å². The predicted molar refractivity (Wildman–Crippen MR) is 192 cm³/mol. The third-order valence-corrected chi connectivity index (χ3v) is 10.2. The first-order valence-electron chi connectivity index (χ1n) is 16.8. The number of ether oxygens (including phenoxy) is 2. The van der Waals surface area contributed by atoms with Crippen LogP contribution in [0.3, 0.4) is 0 Å². The van der Waals surface area contributed by atoms with Crippen molar-refractivity contribution in [1.29, 1.82) is 0 Å². The van der Waals surface area contributed by atoms with E-state index in [1.165, 1.54) is 16.7 Å². The number of fused-ring (bicyclic) bond motifs is 1. The van der Waals surface area contributed by atoms with Crippen LogP contribution < -0.4 is 0 Å². The van der Waals surface area contributed by atoms with Crippen LogP contribution in [0.15, 0.2) is 126 Å². The van der Waals surface area contributed by atoms with Crippen LogP contribution in [0.25, 0.3) is 16.8 Å². The van der Waals surface area contributed by atoms with Gasteiger partial charge in [0, 0.05) is 17.7 Å². The number of phenols is 1. The fraction of sp³-hybridized carbons (Fsp3) is 0.175. The van der Waals surface area contributed by atoms with Crippen LogP contribution in [0, 0.1) is 0 Å². The highest BCUT2D eigenvalue weighted by Crippen LogP contribution is 2.40. The Morgan fingerprint density at radius 3 is 2.19 bits per heavy atom. The molecule has 1 saturated heterocycles. The molecule has 260 valence electrons. The zero-order chi connectivity index (χ0) is 35.6. The molecule has 52 heavy (non-hydrogen) atoms. The number of rotatable bonds is 10. The van der Waals surface area contributed by atoms with Gasteiger partial charge in [-0.1, -0.05) is 84.6 Å². The number of imide groups is 1. The molecule has 0 spiro atoms. The number of amides is 2. The third kappa shape index (κ3) is 6.84. The van der Waals surface area contributed by atoms with E-state index in [0.717, 1.165) is 39.1 Å². The van der Waals surface area contributed by atoms with Crippen molar-refractivity contribution in [2.75, 3.05) is 5.75 Å². The van der Waals surface area contributed by atoms with E-state index in [0.29, 0.717) is 28.5 Å². The van der Waals surface area contributed by atoms with Crippen molar-refractivity contribution in [1.82, 2.24) is 25.1 Å². The number of hydrogen-bond donors (Lipinski definition) is 2. The van der Waals surface area contributed by atoms with Gasteiger partial charge in [0.15, 0.2) is 6.29 Å². The Bertz CT molecular complexity index is 2210. The first-order valence-corrected chi connectivity index (χ1v) is 17.8. The highest BCUT2D eigenvalue weighted by molar-refractivity contribution is 7.99. The Morgan fingerprint density at radius 2 is 1.46 bits per heavy atom. The predicted octanol–water partition coefficient (Wildman–Crippen LogP) is 6.66. The van der Waals surface area contributed by atoms with E-state index in [1.54, 1.807) is 53.2 Å². The highest BCUT2D eigenvalue weighted by Gasteiger charge is 2.35. The fourth-order valence-electron chi connectivity index (χ4n) is 6.49. The molecule has 0 radical (unpaired) electrons. The number of aromatic hydroxyl groups is 1. The monoisotopic (exact) mass is 711 g/mol. The second-order valence-electron chi connectivity index (χ2n) is 12.6. The molecule has 6 aromatic rings. The van der Waals surface area contributed by atoms with Gasteiger partial charge in [0.25, 0.3) is 11.8 Å². The lowest BCUT2D eigenvalue weighted by Gasteiger charge is -2.36. The van der Waals surface area contributed by atoms with E-state index in [1.807, 2.05) is 72.8 Å². The quantitative estimate of drug-likeness (QED) is 0.117. The number of hydrogen-bond acceptors (Lipinski definition) is 10. The normalized spacial score (nSPS) is 18.5. The molecule has 3 heterocycles. The molecule has 5 aromatic carbocycles. The summed E-state index contributed by atoms with van der Waals surface area (Å²) in [5, 5.41) is 32.2. The van der Waals surface area contributed by atoms with Gasteiger partial charge < -0.3 is 19.7 Å². The standard InChI is InChI=1S/C40H33N5O6S/c46-23-25-11-13-27(14-12-25)36-21-33(24-52-40-41-42-43-45(40)31-15-17-32(47)18-16-31)50-39(51-36)30-8-4-7-29(20-30)28-6-3-5-26(19-28)22-44-37(48)34-9-1-2-10-35(34)38(44)49/h1-20,33,36,39,46-47H,21-24H2/t33-,36+,39+/m0/s1. The van der Waals surface area contributed by atoms with Gasteiger partial charge in [-0.25, -0.2) is 0 Å². The van der Waals surface area contributed by atoms with Gasteiger partial charge >= 0.3 is 0 Å². The number of carbonyl (C=O) groups excluding carboxylic acids is 2. The minimum atomic E-state index is -0.684. The summed E-state index contributed by atoms with van der Waals surface area (Å²) in [6, 6.07) is 37.1. The number of aromatic nitrogens is 4. The van der Waals surface area contributed by atoms with Gasteiger partial charge in [0.05, 0.1) is 42.2 Å². The van der Waals surface area contributed by atoms with E-state index in [-0.39, 0.29) is 42.9 Å². The highest BCUT2D eigenvalue weighted by atomic mass is 32.2. The van der Waals surface area contributed by atoms with E-state index in [4.69, 9.17) is 9.47 Å². The maximum absolute atomic E-state index is 13.0. The summed E-state index contributed by atoms with van der Waals surface area (Å²) in [6.07, 6.45) is -0.612. The smallest absolute Gasteiger partial charge is 0.261 e. The Kier molecular flexibility index (Phi) is 9.35. The molecule has 8 rings (SSSR count). The van der Waals surface area contributed by atoms with Crippen molar-refractivity contribution in [3.8, 4) is 22.6 Å². The molecular weight excluding hydrogens is 679 g/mol. The molecule has 1 fully saturated rings. The number of phenolic OH excluding ortho intramolecular Hbond substituents is 1. The summed E-state index contributed by atoms with van der Waals surface area (Å²) in [7, 11) is 0. The second kappa shape index (κ2) is 14.5. The Morgan fingerprint density at radius 1 is 0.750 bits per heavy atom. The Labute approximate surface area is 303 Å². The molecular formula is C40H33N5O6S. The minimum Gasteiger partial charge on any atom is -0.508 e. The molecule has 0 unspecified atom stereocenters. The lowest BCUT2D eigenvalue weighted by atomic mass is 9.99. The second-order valence-corrected chi connectivity index (χ2v) is 13.6. The first kappa shape index (κ1) is 33.5. The van der Waals surface area contributed by atoms with E-state index < -0.39 is 6.29 Å². The van der Waals surface area contributed by atoms with Crippen LogP contribution in [-0.2, 0) is 22.6 Å². The number of carbonyl (C=O) groups is 2. The zero-order valence-electron chi connectivity index (χ0n) is 27.8. The molecule has 0 saturated carbocycles. The molecule has 3 atom stereocenters. The average molecular weight is 712 g/mol. The summed E-state index contributed by atoms with van der Waals surface area (Å²) in [6.45, 7) is 0.125. The number of nitrogens with zero attached hydrogens (tertiary/aromatic N) is 5. The van der Waals surface area contributed by atoms with E-state index in [9.17, 15) is 19.8 Å². The maximum Gasteiger partial charge on any atom is 0.261 e. The van der Waals surface area contributed by atoms with Crippen LogP contribution in [0.4, 0.5) is 0 Å². The molecule has 2 aliphatic heterocycles. The Balaban J connectivity index is 1.03. The fourth-order valence-corrected chi connectivity index (χ4v) is 7.40. The van der Waals surface area contributed by atoms with Crippen LogP contribution >= 0.6 is 11.8 Å². The summed E-state index contributed by atoms with van der Waals surface area (Å²) in [4.78, 5) is 27.3. The van der Waals surface area contributed by atoms with Crippen molar-refractivity contribution in [3.63, 3.8) is 0 Å². The summed E-state index contributed by atoms with van der Waals surface area (Å²) in [5.41, 5.74) is 6.91. The molecule has 11 nitrogen and oxygen atoms in total. The topological polar surface area (TPSA) is 140 Å². The molecule has 1 aromatic heterocycles. The lowest BCUT2D eigenvalue weighted by molar-refractivity contribution is -0.245. The third-order valence-electron chi connectivity index (χ3n) is 9.19. The number of aliphatic hydroxyl groups excluding tert-OH is 1. The average Bonchev–Trinajstić information content (AvgIpc) is 3.76. The van der Waals surface area contributed by atoms with Crippen molar-refractivity contribution in [2.24, 2.45) is 0 Å². The van der Waals surface area contributed by atoms with Gasteiger partial charge in [0.1, 0.15) is 5.75 Å². The summed E-state index contributed by atoms with van der Waals surface area (Å²) in [5.74, 6) is 0.127. The molecule has 12 heteroatoms. The molecule has 0 bridgehead atoms. The minimum absolute atomic E-state index is 0.0428. The Hall–Kier alpha value is -5.66. The first-order chi connectivity index (χ1) is 25.4. The summed E-state index contributed by atoms with van der Waals surface area (Å²) < 4.78 is 14.9. The number of tetrazole rings is 1. The summed E-state index contributed by atoms with van der Waals surface area (Å²) >= 11 is 1.47. The van der Waals surface area contributed by atoms with E-state index in [2.05, 4.69) is 15.5 Å². The molecule has 2 amide bonds. The molecule has 2 aliphatic rings. The van der Waals surface area contributed by atoms with Crippen LogP contribution in [0.1, 0.15) is 61.8 Å². The van der Waals surface area contributed by atoms with Crippen molar-refractivity contribution in [3.05, 3.63) is 155 Å². The molecule has 0 aliphatic carbocycles. The number of benzene rings is 5. The number of thioether (sulfide) groups is 1. The van der Waals surface area contributed by atoms with Crippen LogP contribution in [0.2, 0.25) is 0 Å². The lowest BCUT2D eigenvalue weighted by Crippen LogP contribution is -2.31. The maximum atomic E-state index is 13.0. The van der Waals surface area contributed by atoms with Gasteiger partial charge in [-0.05, 0) is 86.8 Å². The van der Waals surface area contributed by atoms with Crippen molar-refractivity contribution < 1.29 is 29.3 Å². The van der Waals surface area contributed by atoms with Gasteiger partial charge in [0.2, 0.25) is 5.16 Å². The van der Waals surface area contributed by atoms with Gasteiger partial charge in [-0.15, -0.1) is 5.10 Å².